The molecule has 3 N–H and O–H groups in total. The van der Waals surface area contributed by atoms with Crippen LogP contribution in [-0.2, 0) is 0 Å². The number of hydrogen-bond acceptors (Lipinski definition) is 5. The second-order valence-corrected chi connectivity index (χ2v) is 2.29. The van der Waals surface area contributed by atoms with Crippen molar-refractivity contribution in [2.24, 2.45) is 0 Å². The van der Waals surface area contributed by atoms with Gasteiger partial charge in [0.05, 0.1) is 0 Å². The predicted molar refractivity (Wildman–Crippen MR) is 44.2 cm³/mol. The summed E-state index contributed by atoms with van der Waals surface area (Å²) in [6.45, 7) is 0. The molecule has 0 amide bonds. The van der Waals surface area contributed by atoms with Gasteiger partial charge in [-0.25, -0.2) is 9.97 Å². The fourth-order valence-corrected chi connectivity index (χ4v) is 0.885. The molecule has 0 aromatic carbocycles. The van der Waals surface area contributed by atoms with Gasteiger partial charge in [0.2, 0.25) is 11.8 Å². The smallest absolute Gasteiger partial charge is 0.293 e. The van der Waals surface area contributed by atoms with Crippen molar-refractivity contribution >= 4 is 5.95 Å². The first-order chi connectivity index (χ1) is 6.27. The van der Waals surface area contributed by atoms with E-state index in [9.17, 15) is 4.79 Å². The fraction of sp³-hybridized carbons (Fsp3) is 0. The summed E-state index contributed by atoms with van der Waals surface area (Å²) in [6, 6.07) is 0. The summed E-state index contributed by atoms with van der Waals surface area (Å²) >= 11 is 0. The zero-order chi connectivity index (χ0) is 9.26. The zero-order valence-electron chi connectivity index (χ0n) is 6.51. The lowest BCUT2D eigenvalue weighted by atomic mass is 10.6. The standard InChI is InChI=1S/C6H6N6O/c7-6-10-3-12(11-6)4-5(13)9-2-1-8-4/h1-3H,(H2,7,11)(H,9,13). The van der Waals surface area contributed by atoms with E-state index in [1.165, 1.54) is 23.4 Å². The number of nitrogen functional groups attached to an aromatic ring is 1. The van der Waals surface area contributed by atoms with Crippen LogP contribution in [0.2, 0.25) is 0 Å². The summed E-state index contributed by atoms with van der Waals surface area (Å²) in [5.74, 6) is 0.247. The Hall–Kier alpha value is -2.18. The van der Waals surface area contributed by atoms with Gasteiger partial charge in [0.1, 0.15) is 6.33 Å². The first-order valence-corrected chi connectivity index (χ1v) is 3.48. The Labute approximate surface area is 72.3 Å². The molecule has 0 radical (unpaired) electrons. The van der Waals surface area contributed by atoms with Crippen molar-refractivity contribution in [1.82, 2.24) is 24.7 Å². The lowest BCUT2D eigenvalue weighted by molar-refractivity contribution is 0.826. The van der Waals surface area contributed by atoms with E-state index in [0.29, 0.717) is 0 Å². The van der Waals surface area contributed by atoms with Crippen molar-refractivity contribution in [3.05, 3.63) is 29.1 Å². The largest absolute Gasteiger partial charge is 0.366 e. The Morgan fingerprint density at radius 1 is 1.46 bits per heavy atom. The molecule has 2 rings (SSSR count). The van der Waals surface area contributed by atoms with Gasteiger partial charge in [-0.3, -0.25) is 4.79 Å². The normalized spacial score (nSPS) is 10.2. The van der Waals surface area contributed by atoms with E-state index in [4.69, 9.17) is 5.73 Å². The second-order valence-electron chi connectivity index (χ2n) is 2.29. The molecule has 2 aromatic rings. The van der Waals surface area contributed by atoms with Crippen molar-refractivity contribution in [3.8, 4) is 5.82 Å². The Bertz CT molecular complexity index is 472. The molecule has 0 bridgehead atoms. The highest BCUT2D eigenvalue weighted by atomic mass is 16.1. The van der Waals surface area contributed by atoms with Crippen molar-refractivity contribution in [2.45, 2.75) is 0 Å². The maximum atomic E-state index is 11.2. The summed E-state index contributed by atoms with van der Waals surface area (Å²) in [5, 5.41) is 3.74. The third-order valence-corrected chi connectivity index (χ3v) is 1.42. The number of nitrogens with two attached hydrogens (primary N) is 1. The molecule has 0 saturated carbocycles. The molecular weight excluding hydrogens is 172 g/mol. The summed E-state index contributed by atoms with van der Waals surface area (Å²) in [5.41, 5.74) is 4.94. The van der Waals surface area contributed by atoms with E-state index in [0.717, 1.165) is 0 Å². The molecule has 0 atom stereocenters. The van der Waals surface area contributed by atoms with Gasteiger partial charge in [-0.15, -0.1) is 5.10 Å². The molecule has 2 aromatic heterocycles. The van der Waals surface area contributed by atoms with Crippen LogP contribution in [-0.4, -0.2) is 24.7 Å². The summed E-state index contributed by atoms with van der Waals surface area (Å²) in [7, 11) is 0. The lowest BCUT2D eigenvalue weighted by Gasteiger charge is -1.94. The highest BCUT2D eigenvalue weighted by Gasteiger charge is 2.04. The van der Waals surface area contributed by atoms with E-state index in [-0.39, 0.29) is 17.3 Å². The minimum Gasteiger partial charge on any atom is -0.366 e. The molecule has 7 nitrogen and oxygen atoms in total. The van der Waals surface area contributed by atoms with E-state index in [1.54, 1.807) is 0 Å². The second kappa shape index (κ2) is 2.70. The van der Waals surface area contributed by atoms with Crippen LogP contribution in [0.3, 0.4) is 0 Å². The van der Waals surface area contributed by atoms with E-state index < -0.39 is 0 Å². The highest BCUT2D eigenvalue weighted by Crippen LogP contribution is 1.94. The van der Waals surface area contributed by atoms with Crippen molar-refractivity contribution in [2.75, 3.05) is 5.73 Å². The quantitative estimate of drug-likeness (QED) is 0.579. The minimum atomic E-state index is -0.340. The number of rotatable bonds is 1. The number of aromatic nitrogens is 5. The average molecular weight is 178 g/mol. The van der Waals surface area contributed by atoms with Gasteiger partial charge >= 0.3 is 0 Å². The van der Waals surface area contributed by atoms with Gasteiger partial charge < -0.3 is 10.7 Å². The molecule has 13 heavy (non-hydrogen) atoms. The predicted octanol–water partition coefficient (Wildman–Crippen LogP) is -1.07. The maximum absolute atomic E-state index is 11.2. The first-order valence-electron chi connectivity index (χ1n) is 3.48. The third-order valence-electron chi connectivity index (χ3n) is 1.42. The van der Waals surface area contributed by atoms with Gasteiger partial charge in [-0.1, -0.05) is 0 Å². The number of nitrogens with one attached hydrogen (secondary N) is 1. The van der Waals surface area contributed by atoms with E-state index in [2.05, 4.69) is 20.1 Å². The minimum absolute atomic E-state index is 0.102. The number of H-pyrrole nitrogens is 1. The average Bonchev–Trinajstić information content (AvgIpc) is 2.53. The fourth-order valence-electron chi connectivity index (χ4n) is 0.885. The van der Waals surface area contributed by atoms with Crippen molar-refractivity contribution in [1.29, 1.82) is 0 Å². The number of aromatic amines is 1. The molecular formula is C6H6N6O. The van der Waals surface area contributed by atoms with E-state index in [1.807, 2.05) is 0 Å². The topological polar surface area (TPSA) is 102 Å². The first kappa shape index (κ1) is 7.47. The Morgan fingerprint density at radius 3 is 2.92 bits per heavy atom. The number of nitrogens with zero attached hydrogens (tertiary/aromatic N) is 4. The monoisotopic (exact) mass is 178 g/mol. The molecule has 0 fully saturated rings. The molecule has 66 valence electrons. The SMILES string of the molecule is Nc1ncn(-c2ncc[nH]c2=O)n1. The van der Waals surface area contributed by atoms with Crippen LogP contribution in [0.15, 0.2) is 23.5 Å². The summed E-state index contributed by atoms with van der Waals surface area (Å²) in [6.07, 6.45) is 4.22. The van der Waals surface area contributed by atoms with Crippen LogP contribution < -0.4 is 11.3 Å². The lowest BCUT2D eigenvalue weighted by Crippen LogP contribution is -2.16. The molecule has 0 saturated heterocycles. The van der Waals surface area contributed by atoms with Crippen molar-refractivity contribution in [3.63, 3.8) is 0 Å². The zero-order valence-corrected chi connectivity index (χ0v) is 6.51. The summed E-state index contributed by atoms with van der Waals surface area (Å²) in [4.78, 5) is 21.1. The van der Waals surface area contributed by atoms with Crippen LogP contribution in [0.1, 0.15) is 0 Å². The molecule has 0 aliphatic heterocycles. The Kier molecular flexibility index (Phi) is 1.55. The third kappa shape index (κ3) is 1.26. The van der Waals surface area contributed by atoms with Crippen LogP contribution in [0.4, 0.5) is 5.95 Å². The van der Waals surface area contributed by atoms with Crippen LogP contribution >= 0.6 is 0 Å². The van der Waals surface area contributed by atoms with Crippen LogP contribution in [0, 0.1) is 0 Å². The van der Waals surface area contributed by atoms with Gasteiger partial charge in [0.25, 0.3) is 5.56 Å². The Morgan fingerprint density at radius 2 is 2.31 bits per heavy atom. The van der Waals surface area contributed by atoms with Gasteiger partial charge in [0.15, 0.2) is 0 Å². The molecule has 0 unspecified atom stereocenters. The van der Waals surface area contributed by atoms with Gasteiger partial charge in [-0.05, 0) is 0 Å². The molecule has 0 spiro atoms. The molecule has 7 heteroatoms. The van der Waals surface area contributed by atoms with Crippen molar-refractivity contribution < 1.29 is 0 Å². The van der Waals surface area contributed by atoms with Gasteiger partial charge in [-0.2, -0.15) is 4.68 Å². The van der Waals surface area contributed by atoms with Crippen LogP contribution in [0.25, 0.3) is 5.82 Å². The molecule has 0 aliphatic carbocycles. The summed E-state index contributed by atoms with van der Waals surface area (Å²) < 4.78 is 1.22. The molecule has 0 aliphatic rings. The highest BCUT2D eigenvalue weighted by molar-refractivity contribution is 5.19. The maximum Gasteiger partial charge on any atom is 0.293 e. The van der Waals surface area contributed by atoms with E-state index >= 15 is 0 Å². The molecule has 2 heterocycles. The number of anilines is 1. The van der Waals surface area contributed by atoms with Gasteiger partial charge in [0, 0.05) is 12.4 Å². The Balaban J connectivity index is 2.59. The number of hydrogen-bond donors (Lipinski definition) is 2. The van der Waals surface area contributed by atoms with Crippen LogP contribution in [0.5, 0.6) is 0 Å².